The number of carbonyl (C=O) groups is 7. The molecule has 388 valence electrons. The highest BCUT2D eigenvalue weighted by Crippen LogP contribution is 2.24. The van der Waals surface area contributed by atoms with Crippen LogP contribution in [0.5, 0.6) is 0 Å². The van der Waals surface area contributed by atoms with Gasteiger partial charge in [0.1, 0.15) is 111 Å². The van der Waals surface area contributed by atoms with Crippen LogP contribution in [0.25, 0.3) is 0 Å². The number of hydrogen-bond acceptors (Lipinski definition) is 25. The SMILES string of the molecule is O=C1CCNC(=O)[C@@H](NC(=O)CO[C@@H]2O[C@H](CO)[C@@H](O)[C@H](O)[C@H]2O)CNC(=O)[C@@H](NC(=O)CO[C@H]2O[C@H](CO)[C@@H](O)[C@H](O)[C@@H]2O)CNC(=O)C(NC(=O)CO[C@@H]2O[C@H](CO)[C@H](O)[C@H](O)[C@H]2O)CN1. The Labute approximate surface area is 384 Å². The Morgan fingerprint density at radius 2 is 0.750 bits per heavy atom. The molecule has 4 rings (SSSR count). The summed E-state index contributed by atoms with van der Waals surface area (Å²) >= 11 is 0. The van der Waals surface area contributed by atoms with Crippen LogP contribution < -0.4 is 37.2 Å². The molecule has 0 aromatic carbocycles. The molecule has 68 heavy (non-hydrogen) atoms. The Hall–Kier alpha value is -4.43. The summed E-state index contributed by atoms with van der Waals surface area (Å²) < 4.78 is 31.2. The monoisotopic (exact) mass is 989 g/mol. The Kier molecular flexibility index (Phi) is 21.9. The molecule has 0 aromatic rings. The van der Waals surface area contributed by atoms with Crippen molar-refractivity contribution >= 4 is 41.4 Å². The molecular formula is C36H59N7O25. The molecule has 4 saturated heterocycles. The molecule has 4 fully saturated rings. The third-order valence-electron chi connectivity index (χ3n) is 10.8. The van der Waals surface area contributed by atoms with E-state index in [1.54, 1.807) is 0 Å². The van der Waals surface area contributed by atoms with E-state index in [9.17, 15) is 94.8 Å². The molecule has 0 saturated carbocycles. The Bertz CT molecular complexity index is 1660. The van der Waals surface area contributed by atoms with Gasteiger partial charge in [0.05, 0.1) is 19.8 Å². The number of hydrogen-bond donors (Lipinski definition) is 19. The van der Waals surface area contributed by atoms with E-state index >= 15 is 0 Å². The summed E-state index contributed by atoms with van der Waals surface area (Å²) in [7, 11) is 0. The molecule has 0 spiro atoms. The number of nitrogens with one attached hydrogen (secondary N) is 7. The van der Waals surface area contributed by atoms with Gasteiger partial charge >= 0.3 is 0 Å². The molecule has 19 N–H and O–H groups in total. The first-order valence-electron chi connectivity index (χ1n) is 20.9. The molecule has 7 amide bonds. The molecule has 4 aliphatic heterocycles. The largest absolute Gasteiger partial charge is 0.394 e. The summed E-state index contributed by atoms with van der Waals surface area (Å²) in [5.74, 6) is -7.37. The zero-order chi connectivity index (χ0) is 50.4. The van der Waals surface area contributed by atoms with Gasteiger partial charge in [-0.3, -0.25) is 33.6 Å². The zero-order valence-electron chi connectivity index (χ0n) is 35.8. The summed E-state index contributed by atoms with van der Waals surface area (Å²) in [6.45, 7) is -8.10. The second kappa shape index (κ2) is 26.5. The zero-order valence-corrected chi connectivity index (χ0v) is 35.8. The van der Waals surface area contributed by atoms with Crippen LogP contribution in [0, 0.1) is 0 Å². The normalized spacial score (nSPS) is 37.9. The first kappa shape index (κ1) is 56.2. The van der Waals surface area contributed by atoms with E-state index in [0.717, 1.165) is 0 Å². The number of aliphatic hydroxyl groups is 12. The van der Waals surface area contributed by atoms with Gasteiger partial charge in [0, 0.05) is 32.6 Å². The summed E-state index contributed by atoms with van der Waals surface area (Å²) in [5.41, 5.74) is 0. The van der Waals surface area contributed by atoms with Gasteiger partial charge in [0.2, 0.25) is 41.4 Å². The van der Waals surface area contributed by atoms with Crippen LogP contribution in [0.15, 0.2) is 0 Å². The van der Waals surface area contributed by atoms with Crippen LogP contribution in [0.1, 0.15) is 6.42 Å². The van der Waals surface area contributed by atoms with E-state index in [1.165, 1.54) is 0 Å². The molecule has 32 nitrogen and oxygen atoms in total. The first-order valence-corrected chi connectivity index (χ1v) is 20.9. The van der Waals surface area contributed by atoms with E-state index in [2.05, 4.69) is 37.2 Å². The number of carbonyl (C=O) groups excluding carboxylic acids is 7. The maximum absolute atomic E-state index is 13.7. The summed E-state index contributed by atoms with van der Waals surface area (Å²) in [6.07, 6.45) is -26.5. The van der Waals surface area contributed by atoms with Crippen molar-refractivity contribution in [3.63, 3.8) is 0 Å². The lowest BCUT2D eigenvalue weighted by atomic mass is 9.99. The van der Waals surface area contributed by atoms with Gasteiger partial charge in [-0.15, -0.1) is 0 Å². The fourth-order valence-corrected chi connectivity index (χ4v) is 6.80. The van der Waals surface area contributed by atoms with Gasteiger partial charge in [-0.25, -0.2) is 0 Å². The second-order valence-electron chi connectivity index (χ2n) is 15.7. The van der Waals surface area contributed by atoms with Crippen LogP contribution >= 0.6 is 0 Å². The Balaban J connectivity index is 1.48. The molecule has 18 atom stereocenters. The minimum absolute atomic E-state index is 0.421. The van der Waals surface area contributed by atoms with E-state index in [4.69, 9.17) is 28.4 Å². The van der Waals surface area contributed by atoms with Crippen LogP contribution in [0.2, 0.25) is 0 Å². The number of ether oxygens (including phenoxy) is 6. The molecule has 32 heteroatoms. The van der Waals surface area contributed by atoms with Gasteiger partial charge in [-0.05, 0) is 0 Å². The van der Waals surface area contributed by atoms with E-state index in [-0.39, 0.29) is 0 Å². The molecule has 4 heterocycles. The Morgan fingerprint density at radius 1 is 0.456 bits per heavy atom. The van der Waals surface area contributed by atoms with Gasteiger partial charge in [0.25, 0.3) is 0 Å². The van der Waals surface area contributed by atoms with Crippen LogP contribution in [0.4, 0.5) is 0 Å². The lowest BCUT2D eigenvalue weighted by Gasteiger charge is -2.39. The molecule has 0 aliphatic carbocycles. The van der Waals surface area contributed by atoms with Crippen molar-refractivity contribution in [3.8, 4) is 0 Å². The molecule has 0 radical (unpaired) electrons. The van der Waals surface area contributed by atoms with Crippen molar-refractivity contribution in [1.82, 2.24) is 37.2 Å². The minimum atomic E-state index is -1.93. The van der Waals surface area contributed by atoms with Crippen molar-refractivity contribution in [3.05, 3.63) is 0 Å². The van der Waals surface area contributed by atoms with Crippen molar-refractivity contribution in [2.24, 2.45) is 0 Å². The second-order valence-corrected chi connectivity index (χ2v) is 15.7. The fourth-order valence-electron chi connectivity index (χ4n) is 6.80. The van der Waals surface area contributed by atoms with Crippen LogP contribution in [-0.2, 0) is 62.0 Å². The summed E-state index contributed by atoms with van der Waals surface area (Å²) in [4.78, 5) is 92.4. The highest BCUT2D eigenvalue weighted by Gasteiger charge is 2.47. The van der Waals surface area contributed by atoms with Crippen molar-refractivity contribution < 1.29 is 123 Å². The standard InChI is InChI=1S/C36H59N7O25/c44-6-15-22(51)25(54)28(57)34(66-15)63-9-19(48)41-12-3-38-18(47)1-2-37-31(60)13(42-20(49)10-64-35-29(58)26(55)23(52)16(7-45)67-35)4-39-33(62)14(5-40-32(12)61)43-21(50)11-65-36-30(59)27(56)24(53)17(8-46)68-36/h12-17,22-30,34-36,44-46,51-59H,1-11H2,(H,37,60)(H,38,47)(H,39,62)(H,40,61)(H,41,48)(H,42,49)(H,43,50)/t12?,13-,14-,15+,16+,17+,22-,23+,24+,25-,26-,27-,28+,29+,30-,34+,35+,36-/m0/s1. The lowest BCUT2D eigenvalue weighted by Crippen LogP contribution is -2.61. The summed E-state index contributed by atoms with van der Waals surface area (Å²) in [6, 6.07) is -5.16. The van der Waals surface area contributed by atoms with E-state index < -0.39 is 224 Å². The first-order chi connectivity index (χ1) is 32.2. The van der Waals surface area contributed by atoms with Crippen LogP contribution in [-0.4, -0.2) is 279 Å². The molecular weight excluding hydrogens is 930 g/mol. The maximum Gasteiger partial charge on any atom is 0.246 e. The van der Waals surface area contributed by atoms with Crippen LogP contribution in [0.3, 0.4) is 0 Å². The van der Waals surface area contributed by atoms with Gasteiger partial charge < -0.3 is 127 Å². The highest BCUT2D eigenvalue weighted by atomic mass is 16.7. The molecule has 4 aliphatic rings. The third-order valence-corrected chi connectivity index (χ3v) is 10.8. The predicted molar refractivity (Wildman–Crippen MR) is 212 cm³/mol. The van der Waals surface area contributed by atoms with Gasteiger partial charge in [-0.1, -0.05) is 0 Å². The average Bonchev–Trinajstić information content (AvgIpc) is 3.31. The minimum Gasteiger partial charge on any atom is -0.394 e. The highest BCUT2D eigenvalue weighted by molar-refractivity contribution is 5.93. The predicted octanol–water partition coefficient (Wildman–Crippen LogP) is -14.2. The number of rotatable bonds is 15. The van der Waals surface area contributed by atoms with Gasteiger partial charge in [-0.2, -0.15) is 0 Å². The van der Waals surface area contributed by atoms with Crippen molar-refractivity contribution in [2.45, 2.75) is 117 Å². The molecule has 1 unspecified atom stereocenters. The van der Waals surface area contributed by atoms with E-state index in [1.807, 2.05) is 0 Å². The van der Waals surface area contributed by atoms with Crippen molar-refractivity contribution in [1.29, 1.82) is 0 Å². The van der Waals surface area contributed by atoms with Gasteiger partial charge in [0.15, 0.2) is 18.9 Å². The lowest BCUT2D eigenvalue weighted by molar-refractivity contribution is -0.299. The third kappa shape index (κ3) is 15.3. The maximum atomic E-state index is 13.7. The topological polar surface area (TPSA) is 502 Å². The smallest absolute Gasteiger partial charge is 0.246 e. The fraction of sp³-hybridized carbons (Fsp3) is 0.806. The Morgan fingerprint density at radius 3 is 1.06 bits per heavy atom. The van der Waals surface area contributed by atoms with Crippen molar-refractivity contribution in [2.75, 3.05) is 65.8 Å². The average molecular weight is 990 g/mol. The molecule has 0 aromatic heterocycles. The number of amides is 7. The van der Waals surface area contributed by atoms with E-state index in [0.29, 0.717) is 0 Å². The number of aliphatic hydroxyl groups excluding tert-OH is 12. The summed E-state index contributed by atoms with van der Waals surface area (Å²) in [5, 5.41) is 135. The molecule has 0 bridgehead atoms. The quantitative estimate of drug-likeness (QED) is 0.0724.